The van der Waals surface area contributed by atoms with Crippen LogP contribution in [0.5, 0.6) is 0 Å². The summed E-state index contributed by atoms with van der Waals surface area (Å²) >= 11 is 6.59. The molecule has 1 fully saturated rings. The lowest BCUT2D eigenvalue weighted by Gasteiger charge is -2.36. The summed E-state index contributed by atoms with van der Waals surface area (Å²) in [5.74, 6) is 0.406. The van der Waals surface area contributed by atoms with Gasteiger partial charge in [-0.05, 0) is 38.5 Å². The molecule has 7 heteroatoms. The van der Waals surface area contributed by atoms with Crippen molar-refractivity contribution in [1.82, 2.24) is 9.80 Å². The molecular weight excluding hydrogens is 404 g/mol. The van der Waals surface area contributed by atoms with Crippen LogP contribution in [0.4, 0.5) is 0 Å². The Labute approximate surface area is 180 Å². The van der Waals surface area contributed by atoms with E-state index in [4.69, 9.17) is 16.6 Å². The van der Waals surface area contributed by atoms with Crippen molar-refractivity contribution in [3.63, 3.8) is 0 Å². The normalized spacial score (nSPS) is 16.0. The maximum Gasteiger partial charge on any atom is 0.266 e. The number of carbonyl (C=O) groups is 2. The summed E-state index contributed by atoms with van der Waals surface area (Å²) in [5, 5.41) is 0. The van der Waals surface area contributed by atoms with Crippen LogP contribution < -0.4 is 0 Å². The van der Waals surface area contributed by atoms with Gasteiger partial charge in [-0.15, -0.1) is 0 Å². The van der Waals surface area contributed by atoms with Crippen LogP contribution in [0, 0.1) is 0 Å². The zero-order valence-corrected chi connectivity index (χ0v) is 18.4. The van der Waals surface area contributed by atoms with Crippen LogP contribution in [0.3, 0.4) is 0 Å². The van der Waals surface area contributed by atoms with Crippen LogP contribution in [0.15, 0.2) is 58.1 Å². The first kappa shape index (κ1) is 21.3. The molecule has 0 N–H and O–H groups in total. The van der Waals surface area contributed by atoms with E-state index in [2.05, 4.69) is 0 Å². The number of nitrogens with zero attached hydrogens (tertiary/aromatic N) is 2. The van der Waals surface area contributed by atoms with Gasteiger partial charge in [0, 0.05) is 31.1 Å². The van der Waals surface area contributed by atoms with Crippen LogP contribution in [0.2, 0.25) is 0 Å². The average Bonchev–Trinajstić information content (AvgIpc) is 3.27. The molecule has 0 atom stereocenters. The van der Waals surface area contributed by atoms with Crippen molar-refractivity contribution in [2.24, 2.45) is 0 Å². The molecule has 3 rings (SSSR count). The second-order valence-electron chi connectivity index (χ2n) is 7.74. The first-order valence-corrected chi connectivity index (χ1v) is 10.6. The summed E-state index contributed by atoms with van der Waals surface area (Å²) < 4.78 is 5.74. The molecule has 1 aliphatic heterocycles. The summed E-state index contributed by atoms with van der Waals surface area (Å²) in [6.45, 7) is 6.83. The Hall–Kier alpha value is -2.38. The highest BCUT2D eigenvalue weighted by Gasteiger charge is 2.34. The first-order valence-electron chi connectivity index (χ1n) is 9.39. The highest BCUT2D eigenvalue weighted by molar-refractivity contribution is 8.26. The van der Waals surface area contributed by atoms with Crippen LogP contribution in [-0.2, 0) is 16.1 Å². The number of hydrogen-bond acceptors (Lipinski definition) is 5. The number of amides is 2. The number of hydrogen-bond donors (Lipinski definition) is 0. The summed E-state index contributed by atoms with van der Waals surface area (Å²) in [4.78, 5) is 29.6. The van der Waals surface area contributed by atoms with Crippen LogP contribution >= 0.6 is 24.0 Å². The van der Waals surface area contributed by atoms with Gasteiger partial charge in [-0.3, -0.25) is 14.5 Å². The summed E-state index contributed by atoms with van der Waals surface area (Å²) in [6.07, 6.45) is 3.45. The van der Waals surface area contributed by atoms with Gasteiger partial charge in [0.05, 0.1) is 11.2 Å². The number of benzene rings is 1. The van der Waals surface area contributed by atoms with E-state index in [-0.39, 0.29) is 30.3 Å². The quantitative estimate of drug-likeness (QED) is 0.493. The minimum Gasteiger partial charge on any atom is -0.465 e. The highest BCUT2D eigenvalue weighted by Crippen LogP contribution is 2.33. The van der Waals surface area contributed by atoms with Gasteiger partial charge >= 0.3 is 0 Å². The summed E-state index contributed by atoms with van der Waals surface area (Å²) in [6, 6.07) is 13.4. The van der Waals surface area contributed by atoms with Gasteiger partial charge in [0.1, 0.15) is 10.1 Å². The summed E-state index contributed by atoms with van der Waals surface area (Å²) in [5.41, 5.74) is 0.740. The molecule has 0 unspecified atom stereocenters. The van der Waals surface area contributed by atoms with Crippen LogP contribution in [0.25, 0.3) is 6.08 Å². The Bertz CT molecular complexity index is 915. The van der Waals surface area contributed by atoms with E-state index in [0.29, 0.717) is 21.5 Å². The Balaban J connectivity index is 1.66. The van der Waals surface area contributed by atoms with Crippen molar-refractivity contribution in [1.29, 1.82) is 0 Å². The van der Waals surface area contributed by atoms with E-state index in [1.165, 1.54) is 16.7 Å². The lowest BCUT2D eigenvalue weighted by atomic mass is 10.0. The fourth-order valence-electron chi connectivity index (χ4n) is 3.00. The standard InChI is InChI=1S/C22H24N2O3S2/c1-22(2,3)24(15-16-8-5-4-6-9-16)19(25)11-12-23-20(26)18(29-21(23)28)14-17-10-7-13-27-17/h4-10,13-14H,11-12,15H2,1-3H3/b18-14+. The maximum atomic E-state index is 13.0. The molecule has 0 saturated carbocycles. The van der Waals surface area contributed by atoms with Crippen molar-refractivity contribution in [3.05, 3.63) is 65.0 Å². The number of rotatable bonds is 6. The monoisotopic (exact) mass is 428 g/mol. The van der Waals surface area contributed by atoms with Gasteiger partial charge in [0.25, 0.3) is 5.91 Å². The van der Waals surface area contributed by atoms with E-state index in [9.17, 15) is 9.59 Å². The maximum absolute atomic E-state index is 13.0. The van der Waals surface area contributed by atoms with Crippen LogP contribution in [0.1, 0.15) is 38.5 Å². The van der Waals surface area contributed by atoms with Gasteiger partial charge in [0.2, 0.25) is 5.91 Å². The molecule has 2 amide bonds. The molecule has 2 heterocycles. The minimum absolute atomic E-state index is 0.00887. The third-order valence-corrected chi connectivity index (χ3v) is 5.91. The number of thiocarbonyl (C=S) groups is 1. The third kappa shape index (κ3) is 5.36. The lowest BCUT2D eigenvalue weighted by molar-refractivity contribution is -0.137. The van der Waals surface area contributed by atoms with E-state index in [1.807, 2.05) is 56.0 Å². The second kappa shape index (κ2) is 8.97. The third-order valence-electron chi connectivity index (χ3n) is 4.53. The van der Waals surface area contributed by atoms with E-state index in [0.717, 1.165) is 5.56 Å². The minimum atomic E-state index is -0.332. The zero-order chi connectivity index (χ0) is 21.0. The molecule has 2 aromatic rings. The summed E-state index contributed by atoms with van der Waals surface area (Å²) in [7, 11) is 0. The molecular formula is C22H24N2O3S2. The van der Waals surface area contributed by atoms with Crippen molar-refractivity contribution >= 4 is 46.2 Å². The molecule has 1 aromatic carbocycles. The Morgan fingerprint density at radius 1 is 1.21 bits per heavy atom. The zero-order valence-electron chi connectivity index (χ0n) is 16.8. The Kier molecular flexibility index (Phi) is 6.59. The second-order valence-corrected chi connectivity index (χ2v) is 9.41. The lowest BCUT2D eigenvalue weighted by Crippen LogP contribution is -2.46. The molecule has 0 spiro atoms. The molecule has 29 heavy (non-hydrogen) atoms. The fraction of sp³-hybridized carbons (Fsp3) is 0.318. The predicted molar refractivity (Wildman–Crippen MR) is 120 cm³/mol. The number of thioether (sulfide) groups is 1. The largest absolute Gasteiger partial charge is 0.465 e. The van der Waals surface area contributed by atoms with Gasteiger partial charge < -0.3 is 9.32 Å². The number of carbonyl (C=O) groups excluding carboxylic acids is 2. The van der Waals surface area contributed by atoms with Gasteiger partial charge in [0.15, 0.2) is 0 Å². The molecule has 5 nitrogen and oxygen atoms in total. The molecule has 152 valence electrons. The molecule has 0 bridgehead atoms. The Morgan fingerprint density at radius 2 is 1.93 bits per heavy atom. The molecule has 1 aromatic heterocycles. The van der Waals surface area contributed by atoms with E-state index >= 15 is 0 Å². The van der Waals surface area contributed by atoms with Gasteiger partial charge in [-0.1, -0.05) is 54.3 Å². The van der Waals surface area contributed by atoms with E-state index < -0.39 is 0 Å². The van der Waals surface area contributed by atoms with Crippen LogP contribution in [-0.4, -0.2) is 38.0 Å². The van der Waals surface area contributed by atoms with Crippen molar-refractivity contribution in [3.8, 4) is 0 Å². The fourth-order valence-corrected chi connectivity index (χ4v) is 4.29. The highest BCUT2D eigenvalue weighted by atomic mass is 32.2. The molecule has 1 aliphatic rings. The van der Waals surface area contributed by atoms with Crippen molar-refractivity contribution in [2.45, 2.75) is 39.3 Å². The first-order chi connectivity index (χ1) is 13.8. The average molecular weight is 429 g/mol. The van der Waals surface area contributed by atoms with Crippen molar-refractivity contribution in [2.75, 3.05) is 6.54 Å². The van der Waals surface area contributed by atoms with Gasteiger partial charge in [-0.25, -0.2) is 0 Å². The SMILES string of the molecule is CC(C)(C)N(Cc1ccccc1)C(=O)CCN1C(=O)/C(=C\c2ccco2)SC1=S. The van der Waals surface area contributed by atoms with Gasteiger partial charge in [-0.2, -0.15) is 0 Å². The van der Waals surface area contributed by atoms with Crippen molar-refractivity contribution < 1.29 is 14.0 Å². The predicted octanol–water partition coefficient (Wildman–Crippen LogP) is 4.70. The molecule has 0 radical (unpaired) electrons. The molecule has 1 saturated heterocycles. The smallest absolute Gasteiger partial charge is 0.266 e. The topological polar surface area (TPSA) is 53.8 Å². The molecule has 0 aliphatic carbocycles. The van der Waals surface area contributed by atoms with E-state index in [1.54, 1.807) is 24.5 Å². The Morgan fingerprint density at radius 3 is 2.55 bits per heavy atom. The number of furan rings is 1.